The molecule has 1 aliphatic carbocycles. The van der Waals surface area contributed by atoms with E-state index in [4.69, 9.17) is 0 Å². The molecule has 0 aliphatic heterocycles. The Kier molecular flexibility index (Phi) is 1.74. The maximum atomic E-state index is 11.2. The Labute approximate surface area is 91.4 Å². The molecule has 0 N–H and O–H groups in total. The van der Waals surface area contributed by atoms with E-state index in [1.165, 1.54) is 0 Å². The van der Waals surface area contributed by atoms with Gasteiger partial charge in [0.2, 0.25) is 0 Å². The van der Waals surface area contributed by atoms with Crippen LogP contribution in [0.3, 0.4) is 0 Å². The van der Waals surface area contributed by atoms with E-state index in [0.717, 1.165) is 21.9 Å². The molecule has 3 heteroatoms. The van der Waals surface area contributed by atoms with Crippen molar-refractivity contribution >= 4 is 28.8 Å². The van der Waals surface area contributed by atoms with E-state index in [9.17, 15) is 9.70 Å². The first-order chi connectivity index (χ1) is 7.79. The SMILES string of the molecule is O=NC(=O)c1cc2c3c(cccc3c1)C=C2. The van der Waals surface area contributed by atoms with Crippen molar-refractivity contribution in [1.82, 2.24) is 0 Å². The van der Waals surface area contributed by atoms with Gasteiger partial charge in [-0.3, -0.25) is 4.79 Å². The van der Waals surface area contributed by atoms with Crippen molar-refractivity contribution in [2.45, 2.75) is 0 Å². The van der Waals surface area contributed by atoms with Crippen molar-refractivity contribution in [3.63, 3.8) is 0 Å². The summed E-state index contributed by atoms with van der Waals surface area (Å²) in [5.41, 5.74) is 2.46. The Hall–Kier alpha value is -2.29. The maximum absolute atomic E-state index is 11.2. The van der Waals surface area contributed by atoms with Crippen molar-refractivity contribution in [3.05, 3.63) is 51.9 Å². The average Bonchev–Trinajstić information content (AvgIpc) is 2.73. The van der Waals surface area contributed by atoms with Crippen LogP contribution in [0.1, 0.15) is 21.5 Å². The van der Waals surface area contributed by atoms with E-state index in [1.807, 2.05) is 30.4 Å². The van der Waals surface area contributed by atoms with Gasteiger partial charge in [0, 0.05) is 10.7 Å². The van der Waals surface area contributed by atoms with Gasteiger partial charge in [-0.05, 0) is 34.0 Å². The molecule has 0 spiro atoms. The highest BCUT2D eigenvalue weighted by molar-refractivity contribution is 6.08. The first kappa shape index (κ1) is 8.97. The lowest BCUT2D eigenvalue weighted by Crippen LogP contribution is -1.94. The van der Waals surface area contributed by atoms with Crippen LogP contribution in [0.5, 0.6) is 0 Å². The summed E-state index contributed by atoms with van der Waals surface area (Å²) in [7, 11) is 0. The molecule has 1 aliphatic rings. The van der Waals surface area contributed by atoms with Gasteiger partial charge in [-0.25, -0.2) is 0 Å². The molecule has 3 rings (SSSR count). The molecule has 0 fully saturated rings. The fourth-order valence-corrected chi connectivity index (χ4v) is 2.12. The van der Waals surface area contributed by atoms with Crippen molar-refractivity contribution in [2.75, 3.05) is 0 Å². The van der Waals surface area contributed by atoms with E-state index in [0.29, 0.717) is 5.56 Å². The lowest BCUT2D eigenvalue weighted by molar-refractivity contribution is 0.100. The summed E-state index contributed by atoms with van der Waals surface area (Å²) in [5, 5.41) is 4.54. The maximum Gasteiger partial charge on any atom is 0.316 e. The summed E-state index contributed by atoms with van der Waals surface area (Å²) in [5.74, 6) is -0.719. The minimum atomic E-state index is -0.719. The summed E-state index contributed by atoms with van der Waals surface area (Å²) < 4.78 is 0. The largest absolute Gasteiger partial charge is 0.316 e. The zero-order chi connectivity index (χ0) is 11.1. The minimum absolute atomic E-state index is 0.348. The third kappa shape index (κ3) is 1.11. The van der Waals surface area contributed by atoms with Crippen LogP contribution in [0.2, 0.25) is 0 Å². The quantitative estimate of drug-likeness (QED) is 0.577. The number of benzene rings is 2. The summed E-state index contributed by atoms with van der Waals surface area (Å²) >= 11 is 0. The Morgan fingerprint density at radius 1 is 1.06 bits per heavy atom. The number of carbonyl (C=O) groups is 1. The molecule has 0 unspecified atom stereocenters. The molecule has 0 atom stereocenters. The number of nitrogens with zero attached hydrogens (tertiary/aromatic N) is 1. The van der Waals surface area contributed by atoms with Gasteiger partial charge in [-0.2, -0.15) is 0 Å². The van der Waals surface area contributed by atoms with Gasteiger partial charge < -0.3 is 0 Å². The predicted octanol–water partition coefficient (Wildman–Crippen LogP) is 3.23. The number of hydrogen-bond donors (Lipinski definition) is 0. The number of hydrogen-bond acceptors (Lipinski definition) is 2. The zero-order valence-corrected chi connectivity index (χ0v) is 8.31. The van der Waals surface area contributed by atoms with Crippen LogP contribution in [0.4, 0.5) is 0 Å². The zero-order valence-electron chi connectivity index (χ0n) is 8.31. The number of nitroso groups, excluding NO2 is 1. The third-order valence-corrected chi connectivity index (χ3v) is 2.81. The lowest BCUT2D eigenvalue weighted by atomic mass is 10.0. The van der Waals surface area contributed by atoms with Gasteiger partial charge >= 0.3 is 5.91 Å². The second-order valence-electron chi connectivity index (χ2n) is 3.74. The Morgan fingerprint density at radius 3 is 2.69 bits per heavy atom. The van der Waals surface area contributed by atoms with Gasteiger partial charge in [-0.1, -0.05) is 30.4 Å². The van der Waals surface area contributed by atoms with Gasteiger partial charge in [-0.15, -0.1) is 4.91 Å². The Bertz CT molecular complexity index is 656. The summed E-state index contributed by atoms with van der Waals surface area (Å²) in [6.45, 7) is 0. The first-order valence-electron chi connectivity index (χ1n) is 4.92. The van der Waals surface area contributed by atoms with E-state index in [1.54, 1.807) is 12.1 Å². The van der Waals surface area contributed by atoms with Gasteiger partial charge in [0.05, 0.1) is 0 Å². The molecule has 2 aromatic rings. The highest BCUT2D eigenvalue weighted by Crippen LogP contribution is 2.32. The molecule has 3 nitrogen and oxygen atoms in total. The molecule has 0 heterocycles. The molecular weight excluding hydrogens is 202 g/mol. The molecule has 2 aromatic carbocycles. The van der Waals surface area contributed by atoms with Gasteiger partial charge in [0.15, 0.2) is 0 Å². The summed E-state index contributed by atoms with van der Waals surface area (Å²) in [6.07, 6.45) is 3.94. The second-order valence-corrected chi connectivity index (χ2v) is 3.74. The molecule has 0 saturated heterocycles. The Balaban J connectivity index is 2.37. The minimum Gasteiger partial charge on any atom is -0.263 e. The highest BCUT2D eigenvalue weighted by Gasteiger charge is 2.13. The molecule has 1 amide bonds. The van der Waals surface area contributed by atoms with E-state index in [2.05, 4.69) is 5.18 Å². The van der Waals surface area contributed by atoms with Crippen molar-refractivity contribution in [3.8, 4) is 0 Å². The van der Waals surface area contributed by atoms with Gasteiger partial charge in [0.25, 0.3) is 0 Å². The Morgan fingerprint density at radius 2 is 1.88 bits per heavy atom. The molecule has 0 saturated carbocycles. The topological polar surface area (TPSA) is 46.5 Å². The summed E-state index contributed by atoms with van der Waals surface area (Å²) in [4.78, 5) is 21.5. The normalized spacial score (nSPS) is 12.0. The number of rotatable bonds is 1. The van der Waals surface area contributed by atoms with Crippen molar-refractivity contribution in [2.24, 2.45) is 5.18 Å². The van der Waals surface area contributed by atoms with Crippen LogP contribution < -0.4 is 0 Å². The van der Waals surface area contributed by atoms with Crippen LogP contribution in [0.25, 0.3) is 22.9 Å². The van der Waals surface area contributed by atoms with Crippen LogP contribution >= 0.6 is 0 Å². The standard InChI is InChI=1S/C13H7NO2/c15-13(14-16)11-6-9-3-1-2-8-4-5-10(7-11)12(8)9/h1-7H. The average molecular weight is 209 g/mol. The number of carbonyl (C=O) groups excluding carboxylic acids is 1. The first-order valence-corrected chi connectivity index (χ1v) is 4.92. The molecule has 76 valence electrons. The van der Waals surface area contributed by atoms with Gasteiger partial charge in [0.1, 0.15) is 0 Å². The monoisotopic (exact) mass is 209 g/mol. The summed E-state index contributed by atoms with van der Waals surface area (Å²) in [6, 6.07) is 9.30. The predicted molar refractivity (Wildman–Crippen MR) is 63.0 cm³/mol. The lowest BCUT2D eigenvalue weighted by Gasteiger charge is -2.03. The molecule has 0 radical (unpaired) electrons. The van der Waals surface area contributed by atoms with E-state index < -0.39 is 5.91 Å². The molecule has 16 heavy (non-hydrogen) atoms. The van der Waals surface area contributed by atoms with Crippen LogP contribution in [-0.2, 0) is 0 Å². The fourth-order valence-electron chi connectivity index (χ4n) is 2.12. The van der Waals surface area contributed by atoms with Crippen LogP contribution in [-0.4, -0.2) is 5.91 Å². The number of amides is 1. The van der Waals surface area contributed by atoms with Crippen LogP contribution in [0, 0.1) is 4.91 Å². The second kappa shape index (κ2) is 3.10. The molecule has 0 aromatic heterocycles. The van der Waals surface area contributed by atoms with Crippen molar-refractivity contribution in [1.29, 1.82) is 0 Å². The smallest absolute Gasteiger partial charge is 0.263 e. The molecular formula is C13H7NO2. The fraction of sp³-hybridized carbons (Fsp3) is 0. The third-order valence-electron chi connectivity index (χ3n) is 2.81. The molecule has 0 bridgehead atoms. The van der Waals surface area contributed by atoms with E-state index >= 15 is 0 Å². The van der Waals surface area contributed by atoms with Crippen molar-refractivity contribution < 1.29 is 4.79 Å². The van der Waals surface area contributed by atoms with Crippen LogP contribution in [0.15, 0.2) is 35.5 Å². The van der Waals surface area contributed by atoms with E-state index in [-0.39, 0.29) is 0 Å². The highest BCUT2D eigenvalue weighted by atomic mass is 16.3.